The first-order valence-corrected chi connectivity index (χ1v) is 7.49. The van der Waals surface area contributed by atoms with Crippen LogP contribution in [0.25, 0.3) is 0 Å². The molecule has 0 spiro atoms. The molecule has 0 radical (unpaired) electrons. The second-order valence-electron chi connectivity index (χ2n) is 4.77. The van der Waals surface area contributed by atoms with Crippen molar-refractivity contribution in [1.82, 2.24) is 10.6 Å². The summed E-state index contributed by atoms with van der Waals surface area (Å²) in [6.07, 6.45) is 2.16. The van der Waals surface area contributed by atoms with Crippen LogP contribution in [0.2, 0.25) is 0 Å². The van der Waals surface area contributed by atoms with Crippen LogP contribution in [0.1, 0.15) is 25.3 Å². The molecule has 0 aliphatic rings. The summed E-state index contributed by atoms with van der Waals surface area (Å²) in [5, 5.41) is 6.78. The average Bonchev–Trinajstić information content (AvgIpc) is 2.48. The van der Waals surface area contributed by atoms with Gasteiger partial charge in [-0.1, -0.05) is 19.1 Å². The van der Waals surface area contributed by atoms with E-state index in [4.69, 9.17) is 9.47 Å². The fraction of sp³-hybridized carbons (Fsp3) is 0.625. The minimum Gasteiger partial charge on any atom is -0.494 e. The maximum atomic E-state index is 5.63. The molecule has 114 valence electrons. The summed E-state index contributed by atoms with van der Waals surface area (Å²) < 4.78 is 10.6. The topological polar surface area (TPSA) is 42.5 Å². The van der Waals surface area contributed by atoms with Crippen LogP contribution in [0.5, 0.6) is 5.75 Å². The molecule has 0 atom stereocenters. The quantitative estimate of drug-likeness (QED) is 0.576. The molecule has 20 heavy (non-hydrogen) atoms. The highest BCUT2D eigenvalue weighted by atomic mass is 16.5. The Morgan fingerprint density at radius 3 is 2.70 bits per heavy atom. The minimum atomic E-state index is 0.776. The van der Waals surface area contributed by atoms with E-state index in [1.165, 1.54) is 5.56 Å². The number of ether oxygens (including phenoxy) is 2. The maximum Gasteiger partial charge on any atom is 0.119 e. The summed E-state index contributed by atoms with van der Waals surface area (Å²) in [6, 6.07) is 8.30. The lowest BCUT2D eigenvalue weighted by molar-refractivity contribution is 0.199. The summed E-state index contributed by atoms with van der Waals surface area (Å²) in [7, 11) is 1.72. The van der Waals surface area contributed by atoms with Crippen molar-refractivity contribution in [3.63, 3.8) is 0 Å². The molecule has 0 amide bonds. The number of rotatable bonds is 12. The Morgan fingerprint density at radius 1 is 1.05 bits per heavy atom. The molecular weight excluding hydrogens is 252 g/mol. The molecule has 0 unspecified atom stereocenters. The van der Waals surface area contributed by atoms with Crippen LogP contribution in [-0.2, 0) is 11.3 Å². The Labute approximate surface area is 122 Å². The highest BCUT2D eigenvalue weighted by molar-refractivity contribution is 5.28. The van der Waals surface area contributed by atoms with E-state index in [9.17, 15) is 0 Å². The van der Waals surface area contributed by atoms with Gasteiger partial charge in [0.2, 0.25) is 0 Å². The van der Waals surface area contributed by atoms with E-state index in [2.05, 4.69) is 29.7 Å². The van der Waals surface area contributed by atoms with Crippen LogP contribution in [0.4, 0.5) is 0 Å². The summed E-state index contributed by atoms with van der Waals surface area (Å²) in [4.78, 5) is 0. The molecule has 1 aromatic rings. The van der Waals surface area contributed by atoms with Crippen LogP contribution < -0.4 is 15.4 Å². The third kappa shape index (κ3) is 8.15. The number of hydrogen-bond acceptors (Lipinski definition) is 4. The summed E-state index contributed by atoms with van der Waals surface area (Å²) in [5.41, 5.74) is 1.27. The Bertz CT molecular complexity index is 345. The molecule has 0 fully saturated rings. The zero-order chi connectivity index (χ0) is 14.5. The number of nitrogens with one attached hydrogen (secondary N) is 2. The zero-order valence-electron chi connectivity index (χ0n) is 12.8. The van der Waals surface area contributed by atoms with Gasteiger partial charge in [-0.05, 0) is 43.6 Å². The van der Waals surface area contributed by atoms with Gasteiger partial charge >= 0.3 is 0 Å². The fourth-order valence-corrected chi connectivity index (χ4v) is 1.84. The van der Waals surface area contributed by atoms with Crippen LogP contribution in [-0.4, -0.2) is 40.0 Å². The largest absolute Gasteiger partial charge is 0.494 e. The highest BCUT2D eigenvalue weighted by Gasteiger charge is 1.97. The van der Waals surface area contributed by atoms with E-state index >= 15 is 0 Å². The molecule has 0 aliphatic heterocycles. The SMILES string of the molecule is CCCOc1cccc(CNCCCNCCOC)c1. The van der Waals surface area contributed by atoms with Crippen molar-refractivity contribution >= 4 is 0 Å². The van der Waals surface area contributed by atoms with Crippen molar-refractivity contribution < 1.29 is 9.47 Å². The van der Waals surface area contributed by atoms with Crippen LogP contribution in [0.15, 0.2) is 24.3 Å². The third-order valence-corrected chi connectivity index (χ3v) is 2.89. The molecule has 2 N–H and O–H groups in total. The van der Waals surface area contributed by atoms with Gasteiger partial charge in [-0.15, -0.1) is 0 Å². The van der Waals surface area contributed by atoms with Crippen molar-refractivity contribution in [2.45, 2.75) is 26.3 Å². The smallest absolute Gasteiger partial charge is 0.119 e. The van der Waals surface area contributed by atoms with E-state index in [-0.39, 0.29) is 0 Å². The van der Waals surface area contributed by atoms with Gasteiger partial charge in [0.1, 0.15) is 5.75 Å². The van der Waals surface area contributed by atoms with Gasteiger partial charge in [0, 0.05) is 20.2 Å². The van der Waals surface area contributed by atoms with Gasteiger partial charge in [-0.2, -0.15) is 0 Å². The minimum absolute atomic E-state index is 0.776. The first kappa shape index (κ1) is 17.0. The van der Waals surface area contributed by atoms with Crippen molar-refractivity contribution in [3.8, 4) is 5.75 Å². The van der Waals surface area contributed by atoms with Crippen LogP contribution in [0.3, 0.4) is 0 Å². The van der Waals surface area contributed by atoms with Crippen molar-refractivity contribution in [3.05, 3.63) is 29.8 Å². The second kappa shape index (κ2) is 11.7. The molecule has 0 saturated heterocycles. The molecule has 4 nitrogen and oxygen atoms in total. The summed E-state index contributed by atoms with van der Waals surface area (Å²) >= 11 is 0. The van der Waals surface area contributed by atoms with Gasteiger partial charge in [0.15, 0.2) is 0 Å². The van der Waals surface area contributed by atoms with Crippen molar-refractivity contribution in [1.29, 1.82) is 0 Å². The van der Waals surface area contributed by atoms with E-state index in [0.717, 1.165) is 58.0 Å². The predicted molar refractivity (Wildman–Crippen MR) is 83.3 cm³/mol. The Kier molecular flexibility index (Phi) is 9.92. The second-order valence-corrected chi connectivity index (χ2v) is 4.77. The van der Waals surface area contributed by atoms with E-state index < -0.39 is 0 Å². The predicted octanol–water partition coefficient (Wildman–Crippen LogP) is 2.19. The van der Waals surface area contributed by atoms with Gasteiger partial charge in [0.05, 0.1) is 13.2 Å². The molecule has 0 saturated carbocycles. The first-order valence-electron chi connectivity index (χ1n) is 7.49. The standard InChI is InChI=1S/C16H28N2O2/c1-3-11-20-16-7-4-6-15(13-16)14-18-9-5-8-17-10-12-19-2/h4,6-7,13,17-18H,3,5,8-12,14H2,1-2H3. The maximum absolute atomic E-state index is 5.63. The van der Waals surface area contributed by atoms with Crippen molar-refractivity contribution in [2.75, 3.05) is 40.0 Å². The van der Waals surface area contributed by atoms with Crippen LogP contribution in [0, 0.1) is 0 Å². The lowest BCUT2D eigenvalue weighted by atomic mass is 10.2. The van der Waals surface area contributed by atoms with Gasteiger partial charge in [0.25, 0.3) is 0 Å². The number of benzene rings is 1. The average molecular weight is 280 g/mol. The Hall–Kier alpha value is -1.10. The van der Waals surface area contributed by atoms with Crippen LogP contribution >= 0.6 is 0 Å². The van der Waals surface area contributed by atoms with Gasteiger partial charge < -0.3 is 20.1 Å². The number of hydrogen-bond donors (Lipinski definition) is 2. The Balaban J connectivity index is 2.09. The van der Waals surface area contributed by atoms with Gasteiger partial charge in [-0.3, -0.25) is 0 Å². The molecule has 1 aromatic carbocycles. The first-order chi connectivity index (χ1) is 9.86. The van der Waals surface area contributed by atoms with E-state index in [1.54, 1.807) is 7.11 Å². The molecule has 0 heterocycles. The van der Waals surface area contributed by atoms with E-state index in [1.807, 2.05) is 12.1 Å². The third-order valence-electron chi connectivity index (χ3n) is 2.89. The molecule has 0 bridgehead atoms. The normalized spacial score (nSPS) is 10.7. The molecule has 0 aromatic heterocycles. The number of methoxy groups -OCH3 is 1. The monoisotopic (exact) mass is 280 g/mol. The summed E-state index contributed by atoms with van der Waals surface area (Å²) in [5.74, 6) is 0.965. The molecule has 4 heteroatoms. The van der Waals surface area contributed by atoms with Gasteiger partial charge in [-0.25, -0.2) is 0 Å². The fourth-order valence-electron chi connectivity index (χ4n) is 1.84. The van der Waals surface area contributed by atoms with Crippen molar-refractivity contribution in [2.24, 2.45) is 0 Å². The molecular formula is C16H28N2O2. The lowest BCUT2D eigenvalue weighted by Gasteiger charge is -2.08. The molecule has 0 aliphatic carbocycles. The Morgan fingerprint density at radius 2 is 1.90 bits per heavy atom. The lowest BCUT2D eigenvalue weighted by Crippen LogP contribution is -2.24. The molecule has 1 rings (SSSR count). The summed E-state index contributed by atoms with van der Waals surface area (Å²) in [6.45, 7) is 7.53. The van der Waals surface area contributed by atoms with E-state index in [0.29, 0.717) is 0 Å². The zero-order valence-corrected chi connectivity index (χ0v) is 12.8. The highest BCUT2D eigenvalue weighted by Crippen LogP contribution is 2.13.